The highest BCUT2D eigenvalue weighted by Gasteiger charge is 2.34. The van der Waals surface area contributed by atoms with Gasteiger partial charge in [0, 0.05) is 13.2 Å². The number of nitrogens with zero attached hydrogens (tertiary/aromatic N) is 2. The summed E-state index contributed by atoms with van der Waals surface area (Å²) in [6.45, 7) is 9.37. The van der Waals surface area contributed by atoms with E-state index in [-0.39, 0.29) is 11.5 Å². The van der Waals surface area contributed by atoms with Crippen molar-refractivity contribution in [1.29, 1.82) is 0 Å². The molecule has 1 unspecified atom stereocenters. The standard InChI is InChI=1S/C13H25N3O2/c1-5-10(17-8-4)11-15-12(18-16-11)13(6-2,7-3)9-14/h10H,5-9,14H2,1-4H3. The van der Waals surface area contributed by atoms with E-state index in [2.05, 4.69) is 24.0 Å². The fourth-order valence-corrected chi connectivity index (χ4v) is 2.09. The molecule has 0 saturated heterocycles. The summed E-state index contributed by atoms with van der Waals surface area (Å²) in [5.41, 5.74) is 5.68. The van der Waals surface area contributed by atoms with E-state index >= 15 is 0 Å². The summed E-state index contributed by atoms with van der Waals surface area (Å²) < 4.78 is 11.0. The summed E-state index contributed by atoms with van der Waals surface area (Å²) in [7, 11) is 0. The van der Waals surface area contributed by atoms with Crippen LogP contribution in [-0.2, 0) is 10.2 Å². The topological polar surface area (TPSA) is 74.2 Å². The zero-order valence-electron chi connectivity index (χ0n) is 11.9. The summed E-state index contributed by atoms with van der Waals surface area (Å²) in [5, 5.41) is 4.05. The molecular weight excluding hydrogens is 230 g/mol. The molecule has 0 radical (unpaired) electrons. The quantitative estimate of drug-likeness (QED) is 0.772. The highest BCUT2D eigenvalue weighted by Crippen LogP contribution is 2.30. The average Bonchev–Trinajstić information content (AvgIpc) is 2.89. The maximum atomic E-state index is 5.88. The van der Waals surface area contributed by atoms with Gasteiger partial charge in [-0.3, -0.25) is 0 Å². The minimum atomic E-state index is -0.199. The molecule has 1 heterocycles. The third-order valence-electron chi connectivity index (χ3n) is 3.67. The van der Waals surface area contributed by atoms with Crippen LogP contribution in [0.15, 0.2) is 4.52 Å². The summed E-state index contributed by atoms with van der Waals surface area (Å²) in [6, 6.07) is 0. The molecule has 1 aromatic heterocycles. The maximum Gasteiger partial charge on any atom is 0.234 e. The molecule has 1 rings (SSSR count). The Hall–Kier alpha value is -0.940. The molecule has 0 saturated carbocycles. The predicted octanol–water partition coefficient (Wildman–Crippen LogP) is 2.57. The molecule has 5 heteroatoms. The molecule has 18 heavy (non-hydrogen) atoms. The van der Waals surface area contributed by atoms with Gasteiger partial charge in [0.15, 0.2) is 0 Å². The van der Waals surface area contributed by atoms with Gasteiger partial charge in [0.25, 0.3) is 0 Å². The Morgan fingerprint density at radius 2 is 1.94 bits per heavy atom. The molecule has 0 amide bonds. The second-order valence-electron chi connectivity index (χ2n) is 4.50. The Balaban J connectivity index is 2.96. The molecular formula is C13H25N3O2. The van der Waals surface area contributed by atoms with Gasteiger partial charge in [-0.2, -0.15) is 4.98 Å². The SMILES string of the molecule is CCOC(CC)c1noc(C(CC)(CC)CN)n1. The molecule has 0 fully saturated rings. The van der Waals surface area contributed by atoms with Gasteiger partial charge < -0.3 is 15.0 Å². The minimum Gasteiger partial charge on any atom is -0.370 e. The molecule has 2 N–H and O–H groups in total. The van der Waals surface area contributed by atoms with Crippen LogP contribution in [-0.4, -0.2) is 23.3 Å². The molecule has 0 aliphatic carbocycles. The third kappa shape index (κ3) is 2.90. The van der Waals surface area contributed by atoms with E-state index in [1.807, 2.05) is 13.8 Å². The number of rotatable bonds is 8. The van der Waals surface area contributed by atoms with Crippen LogP contribution < -0.4 is 5.73 Å². The summed E-state index contributed by atoms with van der Waals surface area (Å²) in [5.74, 6) is 1.28. The average molecular weight is 255 g/mol. The lowest BCUT2D eigenvalue weighted by atomic mass is 9.82. The molecule has 0 aliphatic rings. The number of hydrogen-bond donors (Lipinski definition) is 1. The zero-order valence-corrected chi connectivity index (χ0v) is 11.9. The summed E-state index contributed by atoms with van der Waals surface area (Å²) in [6.07, 6.45) is 2.54. The normalized spacial score (nSPS) is 13.8. The smallest absolute Gasteiger partial charge is 0.234 e. The van der Waals surface area contributed by atoms with E-state index in [9.17, 15) is 0 Å². The van der Waals surface area contributed by atoms with Gasteiger partial charge in [0.1, 0.15) is 6.10 Å². The lowest BCUT2D eigenvalue weighted by molar-refractivity contribution is 0.0518. The van der Waals surface area contributed by atoms with Crippen molar-refractivity contribution in [3.63, 3.8) is 0 Å². The number of hydrogen-bond acceptors (Lipinski definition) is 5. The van der Waals surface area contributed by atoms with Crippen LogP contribution in [0.4, 0.5) is 0 Å². The lowest BCUT2D eigenvalue weighted by Gasteiger charge is -2.25. The van der Waals surface area contributed by atoms with E-state index in [0.29, 0.717) is 24.9 Å². The molecule has 5 nitrogen and oxygen atoms in total. The Morgan fingerprint density at radius 1 is 1.28 bits per heavy atom. The first-order valence-corrected chi connectivity index (χ1v) is 6.83. The monoisotopic (exact) mass is 255 g/mol. The van der Waals surface area contributed by atoms with Gasteiger partial charge in [0.2, 0.25) is 11.7 Å². The predicted molar refractivity (Wildman–Crippen MR) is 70.3 cm³/mol. The van der Waals surface area contributed by atoms with Gasteiger partial charge in [-0.05, 0) is 26.2 Å². The van der Waals surface area contributed by atoms with Crippen molar-refractivity contribution in [2.45, 2.75) is 58.5 Å². The van der Waals surface area contributed by atoms with Gasteiger partial charge in [-0.25, -0.2) is 0 Å². The van der Waals surface area contributed by atoms with Gasteiger partial charge in [0.05, 0.1) is 5.41 Å². The van der Waals surface area contributed by atoms with E-state index in [1.54, 1.807) is 0 Å². The summed E-state index contributed by atoms with van der Waals surface area (Å²) in [4.78, 5) is 4.50. The van der Waals surface area contributed by atoms with Gasteiger partial charge >= 0.3 is 0 Å². The number of ether oxygens (including phenoxy) is 1. The summed E-state index contributed by atoms with van der Waals surface area (Å²) >= 11 is 0. The Kier molecular flexibility index (Phi) is 5.75. The second kappa shape index (κ2) is 6.85. The van der Waals surface area contributed by atoms with Crippen molar-refractivity contribution < 1.29 is 9.26 Å². The number of aromatic nitrogens is 2. The number of nitrogens with two attached hydrogens (primary N) is 1. The fraction of sp³-hybridized carbons (Fsp3) is 0.846. The first kappa shape index (κ1) is 15.1. The van der Waals surface area contributed by atoms with Crippen molar-refractivity contribution in [3.05, 3.63) is 11.7 Å². The molecule has 104 valence electrons. The van der Waals surface area contributed by atoms with Crippen LogP contribution in [0.25, 0.3) is 0 Å². The first-order chi connectivity index (χ1) is 8.67. The van der Waals surface area contributed by atoms with Crippen molar-refractivity contribution in [2.24, 2.45) is 5.73 Å². The fourth-order valence-electron chi connectivity index (χ4n) is 2.09. The van der Waals surface area contributed by atoms with Crippen molar-refractivity contribution in [1.82, 2.24) is 10.1 Å². The van der Waals surface area contributed by atoms with E-state index in [4.69, 9.17) is 15.0 Å². The Labute approximate surface area is 109 Å². The minimum absolute atomic E-state index is 0.0864. The zero-order chi connectivity index (χ0) is 13.6. The lowest BCUT2D eigenvalue weighted by Crippen LogP contribution is -2.34. The van der Waals surface area contributed by atoms with Crippen LogP contribution in [0.2, 0.25) is 0 Å². The van der Waals surface area contributed by atoms with Crippen LogP contribution >= 0.6 is 0 Å². The van der Waals surface area contributed by atoms with Gasteiger partial charge in [-0.15, -0.1) is 0 Å². The van der Waals surface area contributed by atoms with Crippen molar-refractivity contribution in [2.75, 3.05) is 13.2 Å². The largest absolute Gasteiger partial charge is 0.370 e. The van der Waals surface area contributed by atoms with E-state index in [1.165, 1.54) is 0 Å². The van der Waals surface area contributed by atoms with Crippen LogP contribution in [0.5, 0.6) is 0 Å². The van der Waals surface area contributed by atoms with E-state index in [0.717, 1.165) is 19.3 Å². The highest BCUT2D eigenvalue weighted by molar-refractivity contribution is 5.06. The Morgan fingerprint density at radius 3 is 2.39 bits per heavy atom. The maximum absolute atomic E-state index is 5.88. The Bertz CT molecular complexity index is 339. The molecule has 0 bridgehead atoms. The van der Waals surface area contributed by atoms with Gasteiger partial charge in [-0.1, -0.05) is 25.9 Å². The van der Waals surface area contributed by atoms with Crippen molar-refractivity contribution in [3.8, 4) is 0 Å². The second-order valence-corrected chi connectivity index (χ2v) is 4.50. The highest BCUT2D eigenvalue weighted by atomic mass is 16.5. The van der Waals surface area contributed by atoms with Crippen LogP contribution in [0.1, 0.15) is 64.8 Å². The first-order valence-electron chi connectivity index (χ1n) is 6.83. The third-order valence-corrected chi connectivity index (χ3v) is 3.67. The van der Waals surface area contributed by atoms with Crippen LogP contribution in [0, 0.1) is 0 Å². The van der Waals surface area contributed by atoms with Crippen molar-refractivity contribution >= 4 is 0 Å². The molecule has 0 aliphatic heterocycles. The molecule has 0 spiro atoms. The molecule has 1 atom stereocenters. The van der Waals surface area contributed by atoms with E-state index < -0.39 is 0 Å². The van der Waals surface area contributed by atoms with Crippen LogP contribution in [0.3, 0.4) is 0 Å². The molecule has 1 aromatic rings. The molecule has 0 aromatic carbocycles.